The Kier molecular flexibility index (Phi) is 5.08. The summed E-state index contributed by atoms with van der Waals surface area (Å²) in [5.41, 5.74) is 3.76. The maximum absolute atomic E-state index is 11.7. The van der Waals surface area contributed by atoms with Crippen LogP contribution in [0.25, 0.3) is 11.1 Å². The number of anilines is 1. The van der Waals surface area contributed by atoms with Gasteiger partial charge in [-0.25, -0.2) is 9.78 Å². The van der Waals surface area contributed by atoms with Crippen molar-refractivity contribution in [2.24, 2.45) is 0 Å². The molecule has 0 saturated carbocycles. The van der Waals surface area contributed by atoms with E-state index in [9.17, 15) is 14.7 Å². The maximum Gasteiger partial charge on any atom is 0.356 e. The van der Waals surface area contributed by atoms with Gasteiger partial charge in [-0.3, -0.25) is 4.79 Å². The fourth-order valence-electron chi connectivity index (χ4n) is 2.30. The zero-order valence-corrected chi connectivity index (χ0v) is 13.2. The van der Waals surface area contributed by atoms with E-state index in [4.69, 9.17) is 0 Å². The SMILES string of the molecule is COC(=O)c1cc(-c2ccc(NC(C)=O)cc2C)cc(CO)n1. The van der Waals surface area contributed by atoms with Gasteiger partial charge >= 0.3 is 5.97 Å². The Balaban J connectivity index is 2.48. The molecule has 0 aliphatic heterocycles. The van der Waals surface area contributed by atoms with Crippen molar-refractivity contribution >= 4 is 17.6 Å². The molecule has 0 aliphatic rings. The van der Waals surface area contributed by atoms with Crippen molar-refractivity contribution in [3.05, 3.63) is 47.3 Å². The quantitative estimate of drug-likeness (QED) is 0.845. The normalized spacial score (nSPS) is 10.3. The molecule has 0 radical (unpaired) electrons. The molecule has 6 nitrogen and oxygen atoms in total. The van der Waals surface area contributed by atoms with Gasteiger partial charge in [-0.15, -0.1) is 0 Å². The number of methoxy groups -OCH3 is 1. The van der Waals surface area contributed by atoms with Crippen LogP contribution in [0.5, 0.6) is 0 Å². The Morgan fingerprint density at radius 1 is 1.26 bits per heavy atom. The molecule has 1 aromatic heterocycles. The fraction of sp³-hybridized carbons (Fsp3) is 0.235. The van der Waals surface area contributed by atoms with Gasteiger partial charge in [0.1, 0.15) is 5.69 Å². The van der Waals surface area contributed by atoms with Gasteiger partial charge in [-0.2, -0.15) is 0 Å². The third-order valence-electron chi connectivity index (χ3n) is 3.29. The second-order valence-electron chi connectivity index (χ2n) is 5.09. The number of hydrogen-bond acceptors (Lipinski definition) is 5. The van der Waals surface area contributed by atoms with Gasteiger partial charge in [0.25, 0.3) is 0 Å². The van der Waals surface area contributed by atoms with E-state index in [0.717, 1.165) is 16.7 Å². The molecule has 0 spiro atoms. The summed E-state index contributed by atoms with van der Waals surface area (Å²) in [7, 11) is 1.28. The van der Waals surface area contributed by atoms with E-state index in [1.165, 1.54) is 14.0 Å². The number of aryl methyl sites for hydroxylation is 1. The molecule has 0 atom stereocenters. The lowest BCUT2D eigenvalue weighted by atomic mass is 9.99. The lowest BCUT2D eigenvalue weighted by molar-refractivity contribution is -0.114. The Labute approximate surface area is 134 Å². The summed E-state index contributed by atoms with van der Waals surface area (Å²) in [5.74, 6) is -0.703. The summed E-state index contributed by atoms with van der Waals surface area (Å²) in [6, 6.07) is 8.80. The molecule has 6 heteroatoms. The van der Waals surface area contributed by atoms with Crippen molar-refractivity contribution in [2.75, 3.05) is 12.4 Å². The van der Waals surface area contributed by atoms with Gasteiger partial charge < -0.3 is 15.2 Å². The number of amides is 1. The van der Waals surface area contributed by atoms with Crippen molar-refractivity contribution in [1.29, 1.82) is 0 Å². The first-order valence-corrected chi connectivity index (χ1v) is 7.03. The summed E-state index contributed by atoms with van der Waals surface area (Å²) in [5, 5.41) is 12.1. The van der Waals surface area contributed by atoms with Crippen LogP contribution < -0.4 is 5.32 Å². The van der Waals surface area contributed by atoms with E-state index in [2.05, 4.69) is 15.0 Å². The van der Waals surface area contributed by atoms with Crippen LogP contribution in [0.2, 0.25) is 0 Å². The molecule has 0 aliphatic carbocycles. The molecule has 120 valence electrons. The number of aromatic nitrogens is 1. The van der Waals surface area contributed by atoms with Gasteiger partial charge in [0.2, 0.25) is 5.91 Å². The van der Waals surface area contributed by atoms with Crippen LogP contribution in [0.15, 0.2) is 30.3 Å². The van der Waals surface area contributed by atoms with Crippen LogP contribution in [0, 0.1) is 6.92 Å². The lowest BCUT2D eigenvalue weighted by Gasteiger charge is -2.11. The van der Waals surface area contributed by atoms with Crippen LogP contribution in [-0.2, 0) is 16.1 Å². The van der Waals surface area contributed by atoms with Crippen LogP contribution in [0.4, 0.5) is 5.69 Å². The Morgan fingerprint density at radius 3 is 2.57 bits per heavy atom. The highest BCUT2D eigenvalue weighted by atomic mass is 16.5. The van der Waals surface area contributed by atoms with Gasteiger partial charge in [0.05, 0.1) is 19.4 Å². The van der Waals surface area contributed by atoms with E-state index >= 15 is 0 Å². The minimum Gasteiger partial charge on any atom is -0.464 e. The molecular formula is C17H18N2O4. The molecule has 0 fully saturated rings. The average Bonchev–Trinajstić information content (AvgIpc) is 2.53. The number of aliphatic hydroxyl groups is 1. The summed E-state index contributed by atoms with van der Waals surface area (Å²) in [4.78, 5) is 26.9. The highest BCUT2D eigenvalue weighted by molar-refractivity contribution is 5.90. The summed E-state index contributed by atoms with van der Waals surface area (Å²) < 4.78 is 4.69. The van der Waals surface area contributed by atoms with Crippen LogP contribution in [0.1, 0.15) is 28.7 Å². The fourth-order valence-corrected chi connectivity index (χ4v) is 2.30. The number of nitrogens with one attached hydrogen (secondary N) is 1. The van der Waals surface area contributed by atoms with Crippen molar-refractivity contribution in [1.82, 2.24) is 4.98 Å². The monoisotopic (exact) mass is 314 g/mol. The zero-order chi connectivity index (χ0) is 17.0. The van der Waals surface area contributed by atoms with Crippen molar-refractivity contribution < 1.29 is 19.4 Å². The van der Waals surface area contributed by atoms with E-state index < -0.39 is 5.97 Å². The molecule has 1 amide bonds. The second kappa shape index (κ2) is 7.02. The van der Waals surface area contributed by atoms with E-state index in [1.54, 1.807) is 18.2 Å². The molecule has 1 aromatic carbocycles. The number of nitrogens with zero attached hydrogens (tertiary/aromatic N) is 1. The standard InChI is InChI=1S/C17H18N2O4/c1-10-6-13(18-11(2)21)4-5-15(10)12-7-14(9-20)19-16(8-12)17(22)23-3/h4-8,20H,9H2,1-3H3,(H,18,21). The number of rotatable bonds is 4. The average molecular weight is 314 g/mol. The van der Waals surface area contributed by atoms with Crippen molar-refractivity contribution in [3.8, 4) is 11.1 Å². The number of benzene rings is 1. The molecule has 2 N–H and O–H groups in total. The zero-order valence-electron chi connectivity index (χ0n) is 13.2. The predicted molar refractivity (Wildman–Crippen MR) is 86.0 cm³/mol. The van der Waals surface area contributed by atoms with Gasteiger partial charge in [0.15, 0.2) is 0 Å². The molecule has 23 heavy (non-hydrogen) atoms. The van der Waals surface area contributed by atoms with Gasteiger partial charge in [-0.05, 0) is 47.9 Å². The van der Waals surface area contributed by atoms with Crippen LogP contribution in [-0.4, -0.2) is 29.1 Å². The molecule has 2 rings (SSSR count). The number of hydrogen-bond donors (Lipinski definition) is 2. The number of ether oxygens (including phenoxy) is 1. The molecule has 0 unspecified atom stereocenters. The summed E-state index contributed by atoms with van der Waals surface area (Å²) in [6.45, 7) is 3.07. The number of esters is 1. The molecule has 2 aromatic rings. The molecular weight excluding hydrogens is 296 g/mol. The van der Waals surface area contributed by atoms with E-state index in [-0.39, 0.29) is 18.2 Å². The number of pyridine rings is 1. The van der Waals surface area contributed by atoms with Crippen molar-refractivity contribution in [2.45, 2.75) is 20.5 Å². The summed E-state index contributed by atoms with van der Waals surface area (Å²) in [6.07, 6.45) is 0. The molecule has 0 saturated heterocycles. The van der Waals surface area contributed by atoms with Crippen LogP contribution >= 0.6 is 0 Å². The maximum atomic E-state index is 11.7. The molecule has 0 bridgehead atoms. The lowest BCUT2D eigenvalue weighted by Crippen LogP contribution is -2.07. The third-order valence-corrected chi connectivity index (χ3v) is 3.29. The largest absolute Gasteiger partial charge is 0.464 e. The predicted octanol–water partition coefficient (Wildman–Crippen LogP) is 2.29. The van der Waals surface area contributed by atoms with Crippen LogP contribution in [0.3, 0.4) is 0 Å². The van der Waals surface area contributed by atoms with Crippen molar-refractivity contribution in [3.63, 3.8) is 0 Å². The van der Waals surface area contributed by atoms with Gasteiger partial charge in [0, 0.05) is 12.6 Å². The Bertz CT molecular complexity index is 756. The number of carbonyl (C=O) groups excluding carboxylic acids is 2. The first kappa shape index (κ1) is 16.6. The minimum absolute atomic E-state index is 0.138. The summed E-state index contributed by atoms with van der Waals surface area (Å²) >= 11 is 0. The Morgan fingerprint density at radius 2 is 2.00 bits per heavy atom. The second-order valence-corrected chi connectivity index (χ2v) is 5.09. The minimum atomic E-state index is -0.561. The smallest absolute Gasteiger partial charge is 0.356 e. The third kappa shape index (κ3) is 3.92. The first-order valence-electron chi connectivity index (χ1n) is 7.03. The topological polar surface area (TPSA) is 88.5 Å². The highest BCUT2D eigenvalue weighted by Crippen LogP contribution is 2.27. The highest BCUT2D eigenvalue weighted by Gasteiger charge is 2.13. The number of carbonyl (C=O) groups is 2. The molecule has 1 heterocycles. The first-order chi connectivity index (χ1) is 10.9. The number of aliphatic hydroxyl groups excluding tert-OH is 1. The van der Waals surface area contributed by atoms with E-state index in [0.29, 0.717) is 11.4 Å². The Hall–Kier alpha value is -2.73. The van der Waals surface area contributed by atoms with E-state index in [1.807, 2.05) is 19.1 Å². The van der Waals surface area contributed by atoms with Gasteiger partial charge in [-0.1, -0.05) is 6.07 Å².